The summed E-state index contributed by atoms with van der Waals surface area (Å²) in [6.45, 7) is 5.89. The second kappa shape index (κ2) is 9.44. The second-order valence-electron chi connectivity index (χ2n) is 7.46. The van der Waals surface area contributed by atoms with Gasteiger partial charge in [0.25, 0.3) is 0 Å². The lowest BCUT2D eigenvalue weighted by molar-refractivity contribution is 0.181. The Morgan fingerprint density at radius 3 is 2.65 bits per heavy atom. The van der Waals surface area contributed by atoms with E-state index in [1.54, 1.807) is 0 Å². The van der Waals surface area contributed by atoms with Crippen LogP contribution in [0.25, 0.3) is 0 Å². The predicted octanol–water partition coefficient (Wildman–Crippen LogP) is 3.51. The van der Waals surface area contributed by atoms with Crippen molar-refractivity contribution in [3.05, 3.63) is 0 Å². The van der Waals surface area contributed by atoms with Crippen LogP contribution in [0.3, 0.4) is 0 Å². The molecule has 0 bridgehead atoms. The first-order valence-electron chi connectivity index (χ1n) is 9.37. The van der Waals surface area contributed by atoms with Crippen molar-refractivity contribution in [2.24, 2.45) is 22.7 Å². The molecule has 0 aromatic heterocycles. The van der Waals surface area contributed by atoms with Gasteiger partial charge in [0.2, 0.25) is 0 Å². The van der Waals surface area contributed by atoms with Crippen LogP contribution < -0.4 is 5.32 Å². The molecule has 0 spiro atoms. The molecule has 2 saturated carbocycles. The third kappa shape index (κ3) is 5.48. The lowest BCUT2D eigenvalue weighted by Crippen LogP contribution is -2.43. The Balaban J connectivity index is 0.00000192. The molecule has 2 aliphatic carbocycles. The fourth-order valence-electron chi connectivity index (χ4n) is 4.26. The molecule has 3 aliphatic rings. The van der Waals surface area contributed by atoms with Crippen molar-refractivity contribution in [3.8, 4) is 0 Å². The van der Waals surface area contributed by atoms with Gasteiger partial charge in [-0.25, -0.2) is 0 Å². The van der Waals surface area contributed by atoms with Crippen LogP contribution in [-0.4, -0.2) is 50.3 Å². The van der Waals surface area contributed by atoms with Crippen LogP contribution in [0.2, 0.25) is 0 Å². The zero-order chi connectivity index (χ0) is 15.4. The molecule has 1 heterocycles. The topological polar surface area (TPSA) is 36.9 Å². The molecule has 0 radical (unpaired) electrons. The Kier molecular flexibility index (Phi) is 7.92. The first-order valence-corrected chi connectivity index (χ1v) is 9.37. The van der Waals surface area contributed by atoms with Gasteiger partial charge >= 0.3 is 0 Å². The smallest absolute Gasteiger partial charge is 0.193 e. The Morgan fingerprint density at radius 2 is 2.00 bits per heavy atom. The molecule has 23 heavy (non-hydrogen) atoms. The van der Waals surface area contributed by atoms with E-state index in [2.05, 4.69) is 24.2 Å². The lowest BCUT2D eigenvalue weighted by atomic mass is 9.85. The maximum Gasteiger partial charge on any atom is 0.193 e. The molecule has 3 rings (SSSR count). The van der Waals surface area contributed by atoms with Gasteiger partial charge < -0.3 is 15.0 Å². The Morgan fingerprint density at radius 1 is 1.22 bits per heavy atom. The molecule has 0 aromatic rings. The van der Waals surface area contributed by atoms with Crippen molar-refractivity contribution in [2.45, 2.75) is 57.9 Å². The molecule has 3 unspecified atom stereocenters. The maximum atomic E-state index is 5.50. The summed E-state index contributed by atoms with van der Waals surface area (Å²) in [5, 5.41) is 3.75. The predicted molar refractivity (Wildman–Crippen MR) is 107 cm³/mol. The highest BCUT2D eigenvalue weighted by atomic mass is 127. The van der Waals surface area contributed by atoms with Crippen LogP contribution in [0.4, 0.5) is 0 Å². The summed E-state index contributed by atoms with van der Waals surface area (Å²) in [4.78, 5) is 7.04. The number of hydrogen-bond acceptors (Lipinski definition) is 2. The van der Waals surface area contributed by atoms with Crippen molar-refractivity contribution in [3.63, 3.8) is 0 Å². The molecule has 1 saturated heterocycles. The van der Waals surface area contributed by atoms with E-state index in [1.165, 1.54) is 44.9 Å². The van der Waals surface area contributed by atoms with Crippen molar-refractivity contribution >= 4 is 29.9 Å². The van der Waals surface area contributed by atoms with Crippen molar-refractivity contribution in [2.75, 3.05) is 33.4 Å². The van der Waals surface area contributed by atoms with Gasteiger partial charge in [-0.3, -0.25) is 4.99 Å². The third-order valence-electron chi connectivity index (χ3n) is 5.64. The summed E-state index contributed by atoms with van der Waals surface area (Å²) in [7, 11) is 2.18. The maximum absolute atomic E-state index is 5.50. The zero-order valence-electron chi connectivity index (χ0n) is 14.8. The van der Waals surface area contributed by atoms with Gasteiger partial charge in [-0.2, -0.15) is 0 Å². The average Bonchev–Trinajstić information content (AvgIpc) is 3.12. The highest BCUT2D eigenvalue weighted by molar-refractivity contribution is 14.0. The van der Waals surface area contributed by atoms with Crippen LogP contribution in [0.5, 0.6) is 0 Å². The summed E-state index contributed by atoms with van der Waals surface area (Å²) >= 11 is 0. The van der Waals surface area contributed by atoms with E-state index in [-0.39, 0.29) is 24.0 Å². The highest BCUT2D eigenvalue weighted by Gasteiger charge is 2.43. The zero-order valence-corrected chi connectivity index (χ0v) is 17.1. The number of rotatable bonds is 5. The van der Waals surface area contributed by atoms with Gasteiger partial charge in [0, 0.05) is 38.7 Å². The SMILES string of the molecule is CCN=C(NC1CC1C1CCCCC1)N(C)CC1CCOC1.I. The van der Waals surface area contributed by atoms with Gasteiger partial charge in [0.15, 0.2) is 5.96 Å². The van der Waals surface area contributed by atoms with E-state index in [0.29, 0.717) is 12.0 Å². The van der Waals surface area contributed by atoms with Crippen molar-refractivity contribution < 1.29 is 4.74 Å². The summed E-state index contributed by atoms with van der Waals surface area (Å²) in [6, 6.07) is 0.677. The van der Waals surface area contributed by atoms with Gasteiger partial charge in [-0.1, -0.05) is 32.1 Å². The minimum Gasteiger partial charge on any atom is -0.381 e. The summed E-state index contributed by atoms with van der Waals surface area (Å²) < 4.78 is 5.50. The molecule has 4 nitrogen and oxygen atoms in total. The van der Waals surface area contributed by atoms with E-state index in [4.69, 9.17) is 9.73 Å². The average molecular weight is 435 g/mol. The third-order valence-corrected chi connectivity index (χ3v) is 5.64. The fraction of sp³-hybridized carbons (Fsp3) is 0.944. The number of nitrogens with one attached hydrogen (secondary N) is 1. The number of hydrogen-bond donors (Lipinski definition) is 1. The summed E-state index contributed by atoms with van der Waals surface area (Å²) in [5.41, 5.74) is 0. The molecule has 0 amide bonds. The largest absolute Gasteiger partial charge is 0.381 e. The molecule has 1 aliphatic heterocycles. The molecule has 3 atom stereocenters. The first-order chi connectivity index (χ1) is 10.8. The van der Waals surface area contributed by atoms with E-state index < -0.39 is 0 Å². The second-order valence-corrected chi connectivity index (χ2v) is 7.46. The van der Waals surface area contributed by atoms with Crippen molar-refractivity contribution in [1.82, 2.24) is 10.2 Å². The molecule has 134 valence electrons. The molecular weight excluding hydrogens is 401 g/mol. The van der Waals surface area contributed by atoms with Crippen LogP contribution >= 0.6 is 24.0 Å². The van der Waals surface area contributed by atoms with E-state index in [9.17, 15) is 0 Å². The summed E-state index contributed by atoms with van der Waals surface area (Å²) in [5.74, 6) is 3.66. The Bertz CT molecular complexity index is 378. The number of ether oxygens (including phenoxy) is 1. The lowest BCUT2D eigenvalue weighted by Gasteiger charge is -2.26. The number of guanidine groups is 1. The van der Waals surface area contributed by atoms with Gasteiger partial charge in [0.05, 0.1) is 6.61 Å². The minimum absolute atomic E-state index is 0. The fourth-order valence-corrected chi connectivity index (χ4v) is 4.26. The molecular formula is C18H34IN3O. The number of halogens is 1. The van der Waals surface area contributed by atoms with Gasteiger partial charge in [-0.05, 0) is 31.6 Å². The van der Waals surface area contributed by atoms with Gasteiger partial charge in [0.1, 0.15) is 0 Å². The first kappa shape index (κ1) is 19.3. The quantitative estimate of drug-likeness (QED) is 0.408. The van der Waals surface area contributed by atoms with E-state index >= 15 is 0 Å². The van der Waals surface area contributed by atoms with Crippen LogP contribution in [0.1, 0.15) is 51.9 Å². The number of aliphatic imine (C=N–C) groups is 1. The van der Waals surface area contributed by atoms with E-state index in [0.717, 1.165) is 44.1 Å². The summed E-state index contributed by atoms with van der Waals surface area (Å²) in [6.07, 6.45) is 9.81. The highest BCUT2D eigenvalue weighted by Crippen LogP contribution is 2.44. The van der Waals surface area contributed by atoms with Gasteiger partial charge in [-0.15, -0.1) is 24.0 Å². The molecule has 1 N–H and O–H groups in total. The van der Waals surface area contributed by atoms with Crippen LogP contribution in [0.15, 0.2) is 4.99 Å². The molecule has 0 aromatic carbocycles. The Hall–Kier alpha value is -0.0400. The van der Waals surface area contributed by atoms with Crippen molar-refractivity contribution in [1.29, 1.82) is 0 Å². The Labute approximate surface area is 158 Å². The van der Waals surface area contributed by atoms with Crippen LogP contribution in [0, 0.1) is 17.8 Å². The molecule has 5 heteroatoms. The monoisotopic (exact) mass is 435 g/mol. The van der Waals surface area contributed by atoms with Crippen LogP contribution in [-0.2, 0) is 4.74 Å². The number of nitrogens with zero attached hydrogens (tertiary/aromatic N) is 2. The van der Waals surface area contributed by atoms with E-state index in [1.807, 2.05) is 0 Å². The minimum atomic E-state index is 0. The standard InChI is InChI=1S/C18H33N3O.HI/c1-3-19-18(21(2)12-14-9-10-22-13-14)20-17-11-16(17)15-7-5-4-6-8-15;/h14-17H,3-13H2,1-2H3,(H,19,20);1H. The molecule has 3 fully saturated rings. The normalized spacial score (nSPS) is 31.6.